The van der Waals surface area contributed by atoms with Gasteiger partial charge in [0.15, 0.2) is 11.3 Å². The maximum Gasteiger partial charge on any atom is 0.265 e. The molecule has 0 fully saturated rings. The molecule has 7 nitrogen and oxygen atoms in total. The summed E-state index contributed by atoms with van der Waals surface area (Å²) in [5.74, 6) is 0. The first kappa shape index (κ1) is 17.9. The lowest BCUT2D eigenvalue weighted by Gasteiger charge is -2.02. The zero-order chi connectivity index (χ0) is 20.7. The molecule has 0 unspecified atom stereocenters. The molecule has 146 valence electrons. The summed E-state index contributed by atoms with van der Waals surface area (Å²) >= 11 is 0. The Kier molecular flexibility index (Phi) is 4.21. The quantitative estimate of drug-likeness (QED) is 0.344. The Morgan fingerprint density at radius 2 is 1.77 bits per heavy atom. The van der Waals surface area contributed by atoms with Gasteiger partial charge in [-0.2, -0.15) is 9.78 Å². The topological polar surface area (TPSA) is 78.0 Å². The SMILES string of the molecule is C=CCn1cnc2c(c1=O)c1nc3ccccc3nc1n2/N=C\c1ccc(C)cc1. The Labute approximate surface area is 171 Å². The van der Waals surface area contributed by atoms with E-state index >= 15 is 0 Å². The molecule has 5 aromatic rings. The van der Waals surface area contributed by atoms with Crippen molar-refractivity contribution in [1.29, 1.82) is 0 Å². The molecule has 0 saturated heterocycles. The van der Waals surface area contributed by atoms with E-state index in [1.165, 1.54) is 16.5 Å². The summed E-state index contributed by atoms with van der Waals surface area (Å²) in [5.41, 5.74) is 4.76. The molecule has 3 aromatic heterocycles. The molecular formula is C23H18N6O. The van der Waals surface area contributed by atoms with Gasteiger partial charge in [-0.15, -0.1) is 6.58 Å². The van der Waals surface area contributed by atoms with Crippen LogP contribution in [0.5, 0.6) is 0 Å². The van der Waals surface area contributed by atoms with Gasteiger partial charge in [-0.25, -0.2) is 15.0 Å². The first-order valence-corrected chi connectivity index (χ1v) is 9.54. The predicted molar refractivity (Wildman–Crippen MR) is 119 cm³/mol. The Morgan fingerprint density at radius 3 is 2.50 bits per heavy atom. The first-order chi connectivity index (χ1) is 14.7. The molecule has 0 radical (unpaired) electrons. The second-order valence-corrected chi connectivity index (χ2v) is 7.04. The molecule has 0 aliphatic carbocycles. The van der Waals surface area contributed by atoms with E-state index in [1.807, 2.05) is 55.5 Å². The molecule has 7 heteroatoms. The smallest absolute Gasteiger partial charge is 0.265 e. The summed E-state index contributed by atoms with van der Waals surface area (Å²) in [4.78, 5) is 27.1. The van der Waals surface area contributed by atoms with Crippen molar-refractivity contribution in [2.24, 2.45) is 5.10 Å². The number of aryl methyl sites for hydroxylation is 1. The molecule has 0 saturated carbocycles. The Hall–Kier alpha value is -4.13. The summed E-state index contributed by atoms with van der Waals surface area (Å²) in [6.07, 6.45) is 4.89. The molecule has 30 heavy (non-hydrogen) atoms. The van der Waals surface area contributed by atoms with Crippen molar-refractivity contribution in [3.8, 4) is 0 Å². The average molecular weight is 394 g/mol. The second-order valence-electron chi connectivity index (χ2n) is 7.04. The van der Waals surface area contributed by atoms with E-state index in [9.17, 15) is 4.79 Å². The fraction of sp³-hybridized carbons (Fsp3) is 0.0870. The minimum absolute atomic E-state index is 0.196. The third-order valence-electron chi connectivity index (χ3n) is 4.93. The standard InChI is InChI=1S/C23H18N6O/c1-3-12-28-14-24-21-19(23(28)30)20-22(27-18-7-5-4-6-17(18)26-20)29(21)25-13-16-10-8-15(2)9-11-16/h3-11,13-14H,1,12H2,2H3/b25-13-. The molecule has 5 rings (SSSR count). The Bertz CT molecular complexity index is 1510. The van der Waals surface area contributed by atoms with Gasteiger partial charge in [0, 0.05) is 6.54 Å². The molecule has 0 amide bonds. The van der Waals surface area contributed by atoms with Crippen LogP contribution in [0.4, 0.5) is 0 Å². The molecule has 0 aliphatic heterocycles. The van der Waals surface area contributed by atoms with Crippen LogP contribution < -0.4 is 5.56 Å². The zero-order valence-corrected chi connectivity index (χ0v) is 16.4. The lowest BCUT2D eigenvalue weighted by atomic mass is 10.2. The van der Waals surface area contributed by atoms with Crippen LogP contribution in [-0.2, 0) is 6.54 Å². The summed E-state index contributed by atoms with van der Waals surface area (Å²) < 4.78 is 3.09. The van der Waals surface area contributed by atoms with E-state index in [2.05, 4.69) is 16.7 Å². The molecule has 0 bridgehead atoms. The molecule has 0 N–H and O–H groups in total. The van der Waals surface area contributed by atoms with Crippen LogP contribution in [0.15, 0.2) is 77.4 Å². The van der Waals surface area contributed by atoms with Crippen LogP contribution >= 0.6 is 0 Å². The highest BCUT2D eigenvalue weighted by Crippen LogP contribution is 2.24. The zero-order valence-electron chi connectivity index (χ0n) is 16.4. The predicted octanol–water partition coefficient (Wildman–Crippen LogP) is 3.67. The molecular weight excluding hydrogens is 376 g/mol. The summed E-state index contributed by atoms with van der Waals surface area (Å²) in [6, 6.07) is 15.6. The van der Waals surface area contributed by atoms with Crippen molar-refractivity contribution >= 4 is 39.4 Å². The maximum absolute atomic E-state index is 13.1. The lowest BCUT2D eigenvalue weighted by molar-refractivity contribution is 0.763. The number of rotatable bonds is 4. The van der Waals surface area contributed by atoms with Crippen molar-refractivity contribution in [2.75, 3.05) is 0 Å². The van der Waals surface area contributed by atoms with Gasteiger partial charge in [0.05, 0.1) is 17.2 Å². The normalized spacial score (nSPS) is 11.8. The van der Waals surface area contributed by atoms with E-state index in [1.54, 1.807) is 17.0 Å². The van der Waals surface area contributed by atoms with E-state index in [0.717, 1.165) is 11.1 Å². The number of allylic oxidation sites excluding steroid dienone is 1. The van der Waals surface area contributed by atoms with E-state index < -0.39 is 0 Å². The van der Waals surface area contributed by atoms with Gasteiger partial charge in [-0.1, -0.05) is 48.0 Å². The van der Waals surface area contributed by atoms with Gasteiger partial charge < -0.3 is 0 Å². The maximum atomic E-state index is 13.1. The van der Waals surface area contributed by atoms with Gasteiger partial charge in [0.1, 0.15) is 17.2 Å². The largest absolute Gasteiger partial charge is 0.295 e. The summed E-state index contributed by atoms with van der Waals surface area (Å²) in [6.45, 7) is 6.11. The van der Waals surface area contributed by atoms with Gasteiger partial charge in [-0.05, 0) is 24.6 Å². The number of nitrogens with zero attached hydrogens (tertiary/aromatic N) is 6. The van der Waals surface area contributed by atoms with Crippen LogP contribution in [0, 0.1) is 6.92 Å². The van der Waals surface area contributed by atoms with Gasteiger partial charge in [-0.3, -0.25) is 9.36 Å². The van der Waals surface area contributed by atoms with Crippen molar-refractivity contribution in [3.63, 3.8) is 0 Å². The number of benzene rings is 2. The molecule has 2 aromatic carbocycles. The Balaban J connectivity index is 1.83. The lowest BCUT2D eigenvalue weighted by Crippen LogP contribution is -2.19. The van der Waals surface area contributed by atoms with Crippen LogP contribution in [0.25, 0.3) is 33.2 Å². The van der Waals surface area contributed by atoms with Crippen molar-refractivity contribution in [3.05, 3.63) is 89.0 Å². The first-order valence-electron chi connectivity index (χ1n) is 9.54. The van der Waals surface area contributed by atoms with Gasteiger partial charge in [0.25, 0.3) is 5.56 Å². The molecule has 0 spiro atoms. The third-order valence-corrected chi connectivity index (χ3v) is 4.93. The minimum Gasteiger partial charge on any atom is -0.295 e. The van der Waals surface area contributed by atoms with Crippen LogP contribution in [0.2, 0.25) is 0 Å². The number of para-hydroxylation sites is 2. The number of fused-ring (bicyclic) bond motifs is 4. The highest BCUT2D eigenvalue weighted by molar-refractivity contribution is 6.04. The average Bonchev–Trinajstić information content (AvgIpc) is 3.07. The van der Waals surface area contributed by atoms with Crippen LogP contribution in [-0.4, -0.2) is 30.4 Å². The Morgan fingerprint density at radius 1 is 1.03 bits per heavy atom. The highest BCUT2D eigenvalue weighted by atomic mass is 16.1. The summed E-state index contributed by atoms with van der Waals surface area (Å²) in [7, 11) is 0. The van der Waals surface area contributed by atoms with E-state index in [-0.39, 0.29) is 5.56 Å². The van der Waals surface area contributed by atoms with Crippen LogP contribution in [0.3, 0.4) is 0 Å². The minimum atomic E-state index is -0.196. The van der Waals surface area contributed by atoms with Crippen molar-refractivity contribution < 1.29 is 0 Å². The van der Waals surface area contributed by atoms with Crippen molar-refractivity contribution in [1.82, 2.24) is 24.2 Å². The second kappa shape index (κ2) is 7.04. The van der Waals surface area contributed by atoms with Gasteiger partial charge in [0.2, 0.25) is 0 Å². The number of aromatic nitrogens is 5. The molecule has 3 heterocycles. The van der Waals surface area contributed by atoms with E-state index in [0.29, 0.717) is 34.3 Å². The fourth-order valence-electron chi connectivity index (χ4n) is 3.41. The number of hydrogen-bond acceptors (Lipinski definition) is 5. The molecule has 0 aliphatic rings. The fourth-order valence-corrected chi connectivity index (χ4v) is 3.41. The molecule has 0 atom stereocenters. The van der Waals surface area contributed by atoms with E-state index in [4.69, 9.17) is 9.97 Å². The van der Waals surface area contributed by atoms with Gasteiger partial charge >= 0.3 is 0 Å². The highest BCUT2D eigenvalue weighted by Gasteiger charge is 2.19. The van der Waals surface area contributed by atoms with Crippen molar-refractivity contribution in [2.45, 2.75) is 13.5 Å². The van der Waals surface area contributed by atoms with Crippen LogP contribution in [0.1, 0.15) is 11.1 Å². The number of hydrogen-bond donors (Lipinski definition) is 0. The summed E-state index contributed by atoms with van der Waals surface area (Å²) in [5, 5.41) is 5.00. The third kappa shape index (κ3) is 2.88. The monoisotopic (exact) mass is 394 g/mol.